The van der Waals surface area contributed by atoms with Crippen molar-refractivity contribution in [3.8, 4) is 0 Å². The summed E-state index contributed by atoms with van der Waals surface area (Å²) in [5.74, 6) is 2.63. The van der Waals surface area contributed by atoms with E-state index in [9.17, 15) is 9.59 Å². The molecule has 3 heterocycles. The number of esters is 1. The van der Waals surface area contributed by atoms with Crippen LogP contribution in [-0.4, -0.2) is 41.5 Å². The molecule has 2 saturated heterocycles. The molecular formula is C23H32N2O4. The Bertz CT molecular complexity index is 814. The van der Waals surface area contributed by atoms with Crippen molar-refractivity contribution < 1.29 is 18.7 Å². The van der Waals surface area contributed by atoms with Crippen molar-refractivity contribution in [3.05, 3.63) is 17.8 Å². The van der Waals surface area contributed by atoms with Gasteiger partial charge >= 0.3 is 5.97 Å². The number of carbonyl (C=O) groups excluding carboxylic acids is 2. The van der Waals surface area contributed by atoms with Crippen LogP contribution in [0.2, 0.25) is 0 Å². The van der Waals surface area contributed by atoms with Crippen LogP contribution in [0.25, 0.3) is 0 Å². The molecule has 5 rings (SSSR count). The molecule has 0 radical (unpaired) electrons. The molecule has 0 unspecified atom stereocenters. The quantitative estimate of drug-likeness (QED) is 0.706. The van der Waals surface area contributed by atoms with Gasteiger partial charge in [0.05, 0.1) is 19.2 Å². The number of carbonyl (C=O) groups is 2. The molecular weight excluding hydrogens is 368 g/mol. The van der Waals surface area contributed by atoms with E-state index in [0.29, 0.717) is 30.3 Å². The van der Waals surface area contributed by atoms with Crippen LogP contribution < -0.4 is 0 Å². The molecule has 29 heavy (non-hydrogen) atoms. The Morgan fingerprint density at radius 1 is 1.14 bits per heavy atom. The van der Waals surface area contributed by atoms with Gasteiger partial charge in [0.15, 0.2) is 5.89 Å². The number of aromatic nitrogens is 1. The second-order valence-electron chi connectivity index (χ2n) is 11.2. The summed E-state index contributed by atoms with van der Waals surface area (Å²) in [5.41, 5.74) is 0.296. The van der Waals surface area contributed by atoms with Gasteiger partial charge < -0.3 is 14.1 Å². The Hall–Kier alpha value is -1.85. The maximum atomic E-state index is 12.9. The number of hydrogen-bond acceptors (Lipinski definition) is 5. The van der Waals surface area contributed by atoms with Crippen molar-refractivity contribution in [3.63, 3.8) is 0 Å². The highest BCUT2D eigenvalue weighted by Gasteiger charge is 2.54. The molecule has 6 nitrogen and oxygen atoms in total. The second-order valence-corrected chi connectivity index (χ2v) is 11.2. The number of cyclic esters (lactones) is 1. The SMILES string of the molecule is CC(C)(C)c1ncc(C2CC3(CCN(C(=O)C4CC5(COC(=O)C5)C4)CC3)C2)o1. The van der Waals surface area contributed by atoms with Gasteiger partial charge in [-0.1, -0.05) is 20.8 Å². The number of piperidine rings is 1. The summed E-state index contributed by atoms with van der Waals surface area (Å²) in [6, 6.07) is 0. The minimum absolute atomic E-state index is 0.0292. The first kappa shape index (κ1) is 19.1. The number of rotatable bonds is 2. The van der Waals surface area contributed by atoms with Crippen molar-refractivity contribution in [2.45, 2.75) is 77.0 Å². The molecule has 0 aromatic carbocycles. The van der Waals surface area contributed by atoms with E-state index in [2.05, 4.69) is 30.7 Å². The molecule has 1 amide bonds. The van der Waals surface area contributed by atoms with Crippen LogP contribution in [0.15, 0.2) is 10.6 Å². The largest absolute Gasteiger partial charge is 0.465 e. The van der Waals surface area contributed by atoms with Gasteiger partial charge in [-0.3, -0.25) is 9.59 Å². The van der Waals surface area contributed by atoms with E-state index in [0.717, 1.165) is 63.3 Å². The topological polar surface area (TPSA) is 72.6 Å². The lowest BCUT2D eigenvalue weighted by atomic mass is 9.56. The molecule has 4 aliphatic rings. The fourth-order valence-corrected chi connectivity index (χ4v) is 5.94. The van der Waals surface area contributed by atoms with Gasteiger partial charge in [0.1, 0.15) is 5.76 Å². The number of nitrogens with zero attached hydrogens (tertiary/aromatic N) is 2. The fourth-order valence-electron chi connectivity index (χ4n) is 5.94. The smallest absolute Gasteiger partial charge is 0.306 e. The number of oxazole rings is 1. The molecule has 0 bridgehead atoms. The number of hydrogen-bond donors (Lipinski definition) is 0. The summed E-state index contributed by atoms with van der Waals surface area (Å²) < 4.78 is 11.2. The van der Waals surface area contributed by atoms with E-state index in [1.807, 2.05) is 6.20 Å². The van der Waals surface area contributed by atoms with Crippen LogP contribution in [0.1, 0.15) is 83.3 Å². The Labute approximate surface area is 172 Å². The highest BCUT2D eigenvalue weighted by atomic mass is 16.5. The molecule has 158 valence electrons. The minimum Gasteiger partial charge on any atom is -0.465 e. The predicted octanol–water partition coefficient (Wildman–Crippen LogP) is 3.80. The Morgan fingerprint density at radius 3 is 2.38 bits per heavy atom. The van der Waals surface area contributed by atoms with Crippen LogP contribution in [0.4, 0.5) is 0 Å². The molecule has 2 spiro atoms. The third-order valence-corrected chi connectivity index (χ3v) is 7.83. The van der Waals surface area contributed by atoms with Gasteiger partial charge in [-0.2, -0.15) is 0 Å². The molecule has 6 heteroatoms. The summed E-state index contributed by atoms with van der Waals surface area (Å²) >= 11 is 0. The van der Waals surface area contributed by atoms with E-state index >= 15 is 0 Å². The minimum atomic E-state index is -0.100. The van der Waals surface area contributed by atoms with Gasteiger partial charge in [0.2, 0.25) is 5.91 Å². The summed E-state index contributed by atoms with van der Waals surface area (Å²) in [7, 11) is 0. The van der Waals surface area contributed by atoms with Gasteiger partial charge in [0.25, 0.3) is 0 Å². The number of amides is 1. The van der Waals surface area contributed by atoms with E-state index in [1.54, 1.807) is 0 Å². The van der Waals surface area contributed by atoms with Crippen molar-refractivity contribution in [1.29, 1.82) is 0 Å². The first-order chi connectivity index (χ1) is 13.7. The van der Waals surface area contributed by atoms with Crippen molar-refractivity contribution in [2.24, 2.45) is 16.7 Å². The van der Waals surface area contributed by atoms with E-state index < -0.39 is 0 Å². The zero-order chi connectivity index (χ0) is 20.4. The number of likely N-dealkylation sites (tertiary alicyclic amines) is 1. The Kier molecular flexibility index (Phi) is 4.17. The van der Waals surface area contributed by atoms with E-state index in [1.165, 1.54) is 0 Å². The average Bonchev–Trinajstić information content (AvgIpc) is 3.25. The third-order valence-electron chi connectivity index (χ3n) is 7.83. The van der Waals surface area contributed by atoms with Crippen LogP contribution in [0.5, 0.6) is 0 Å². The predicted molar refractivity (Wildman–Crippen MR) is 106 cm³/mol. The third kappa shape index (κ3) is 3.28. The lowest BCUT2D eigenvalue weighted by Crippen LogP contribution is -2.52. The summed E-state index contributed by atoms with van der Waals surface area (Å²) in [5, 5.41) is 0. The zero-order valence-electron chi connectivity index (χ0n) is 17.8. The van der Waals surface area contributed by atoms with Crippen LogP contribution in [0, 0.1) is 16.7 Å². The molecule has 2 saturated carbocycles. The summed E-state index contributed by atoms with van der Waals surface area (Å²) in [4.78, 5) is 30.8. The van der Waals surface area contributed by atoms with Crippen LogP contribution in [0.3, 0.4) is 0 Å². The maximum Gasteiger partial charge on any atom is 0.306 e. The first-order valence-electron chi connectivity index (χ1n) is 11.1. The average molecular weight is 401 g/mol. The molecule has 1 aromatic rings. The summed E-state index contributed by atoms with van der Waals surface area (Å²) in [6.07, 6.45) is 8.55. The van der Waals surface area contributed by atoms with Crippen LogP contribution >= 0.6 is 0 Å². The Morgan fingerprint density at radius 2 is 1.83 bits per heavy atom. The van der Waals surface area contributed by atoms with Crippen molar-refractivity contribution in [1.82, 2.24) is 9.88 Å². The zero-order valence-corrected chi connectivity index (χ0v) is 17.8. The van der Waals surface area contributed by atoms with Gasteiger partial charge in [-0.25, -0.2) is 4.98 Å². The highest BCUT2D eigenvalue weighted by molar-refractivity contribution is 5.81. The fraction of sp³-hybridized carbons (Fsp3) is 0.783. The lowest BCUT2D eigenvalue weighted by molar-refractivity contribution is -0.147. The summed E-state index contributed by atoms with van der Waals surface area (Å²) in [6.45, 7) is 8.62. The molecule has 2 aliphatic heterocycles. The highest BCUT2D eigenvalue weighted by Crippen LogP contribution is 2.57. The second kappa shape index (κ2) is 6.32. The standard InChI is InChI=1S/C23H32N2O4/c1-21(2,3)20-24-13-17(29-20)15-8-22(9-15)4-6-25(7-5-22)19(27)16-10-23(11-16)12-18(26)28-14-23/h13,15-16H,4-12,14H2,1-3H3. The van der Waals surface area contributed by atoms with Gasteiger partial charge in [-0.15, -0.1) is 0 Å². The molecule has 1 aromatic heterocycles. The molecule has 0 N–H and O–H groups in total. The molecule has 2 aliphatic carbocycles. The Balaban J connectivity index is 1.11. The lowest BCUT2D eigenvalue weighted by Gasteiger charge is -2.52. The molecule has 0 atom stereocenters. The van der Waals surface area contributed by atoms with Crippen LogP contribution in [-0.2, 0) is 19.7 Å². The van der Waals surface area contributed by atoms with Crippen molar-refractivity contribution in [2.75, 3.05) is 19.7 Å². The van der Waals surface area contributed by atoms with Gasteiger partial charge in [-0.05, 0) is 43.9 Å². The van der Waals surface area contributed by atoms with Gasteiger partial charge in [0, 0.05) is 35.8 Å². The van der Waals surface area contributed by atoms with E-state index in [4.69, 9.17) is 9.15 Å². The van der Waals surface area contributed by atoms with Crippen molar-refractivity contribution >= 4 is 11.9 Å². The van der Waals surface area contributed by atoms with E-state index in [-0.39, 0.29) is 22.7 Å². The number of ether oxygens (including phenoxy) is 1. The molecule has 4 fully saturated rings. The monoisotopic (exact) mass is 400 g/mol. The maximum absolute atomic E-state index is 12.9. The first-order valence-corrected chi connectivity index (χ1v) is 11.1. The normalized spacial score (nSPS) is 28.3.